The monoisotopic (exact) mass is 433 g/mol. The second-order valence-electron chi connectivity index (χ2n) is 7.33. The number of fused-ring (bicyclic) bond motifs is 1. The SMILES string of the molecule is CCOc1ccc(-c2csc3ncn(CC(=O)Nc4ccc(C)cc4C)c(=O)c23)cc1. The van der Waals surface area contributed by atoms with E-state index < -0.39 is 0 Å². The van der Waals surface area contributed by atoms with Crippen LogP contribution in [-0.2, 0) is 11.3 Å². The van der Waals surface area contributed by atoms with Crippen LogP contribution in [0.2, 0.25) is 0 Å². The summed E-state index contributed by atoms with van der Waals surface area (Å²) in [4.78, 5) is 30.8. The number of rotatable bonds is 6. The smallest absolute Gasteiger partial charge is 0.263 e. The van der Waals surface area contributed by atoms with E-state index in [1.807, 2.05) is 68.6 Å². The molecule has 0 saturated carbocycles. The Kier molecular flexibility index (Phi) is 5.86. The van der Waals surface area contributed by atoms with Crippen molar-refractivity contribution in [3.8, 4) is 16.9 Å². The van der Waals surface area contributed by atoms with Crippen molar-refractivity contribution in [1.29, 1.82) is 0 Å². The van der Waals surface area contributed by atoms with Crippen molar-refractivity contribution in [2.45, 2.75) is 27.3 Å². The third kappa shape index (κ3) is 4.36. The van der Waals surface area contributed by atoms with Gasteiger partial charge in [0.25, 0.3) is 5.56 Å². The number of anilines is 1. The molecular weight excluding hydrogens is 410 g/mol. The summed E-state index contributed by atoms with van der Waals surface area (Å²) in [5.74, 6) is 0.512. The van der Waals surface area contributed by atoms with Crippen LogP contribution in [0.4, 0.5) is 5.69 Å². The van der Waals surface area contributed by atoms with Crippen molar-refractivity contribution >= 4 is 33.1 Å². The maximum absolute atomic E-state index is 13.2. The number of hydrogen-bond acceptors (Lipinski definition) is 5. The van der Waals surface area contributed by atoms with Gasteiger partial charge in [-0.2, -0.15) is 0 Å². The molecule has 1 N–H and O–H groups in total. The van der Waals surface area contributed by atoms with Crippen LogP contribution in [-0.4, -0.2) is 22.1 Å². The minimum atomic E-state index is -0.270. The third-order valence-electron chi connectivity index (χ3n) is 5.01. The Hall–Kier alpha value is -3.45. The van der Waals surface area contributed by atoms with Gasteiger partial charge in [-0.15, -0.1) is 11.3 Å². The van der Waals surface area contributed by atoms with Gasteiger partial charge in [0, 0.05) is 16.6 Å². The number of nitrogens with zero attached hydrogens (tertiary/aromatic N) is 2. The Morgan fingerprint density at radius 3 is 2.65 bits per heavy atom. The number of carbonyl (C=O) groups excluding carboxylic acids is 1. The first-order valence-electron chi connectivity index (χ1n) is 10.0. The van der Waals surface area contributed by atoms with Crippen LogP contribution < -0.4 is 15.6 Å². The molecular formula is C24H23N3O3S. The quantitative estimate of drug-likeness (QED) is 0.475. The zero-order valence-electron chi connectivity index (χ0n) is 17.6. The van der Waals surface area contributed by atoms with Crippen molar-refractivity contribution in [3.05, 3.63) is 75.7 Å². The fourth-order valence-corrected chi connectivity index (χ4v) is 4.39. The summed E-state index contributed by atoms with van der Waals surface area (Å²) in [6, 6.07) is 13.4. The maximum Gasteiger partial charge on any atom is 0.263 e. The average molecular weight is 434 g/mol. The topological polar surface area (TPSA) is 73.2 Å². The van der Waals surface area contributed by atoms with Gasteiger partial charge < -0.3 is 10.1 Å². The maximum atomic E-state index is 13.2. The number of hydrogen-bond donors (Lipinski definition) is 1. The molecule has 2 heterocycles. The molecule has 7 heteroatoms. The molecule has 0 aliphatic carbocycles. The van der Waals surface area contributed by atoms with E-state index in [0.29, 0.717) is 16.8 Å². The lowest BCUT2D eigenvalue weighted by atomic mass is 10.1. The number of amides is 1. The Morgan fingerprint density at radius 1 is 1.16 bits per heavy atom. The minimum absolute atomic E-state index is 0.104. The molecule has 0 spiro atoms. The van der Waals surface area contributed by atoms with Gasteiger partial charge in [0.1, 0.15) is 17.1 Å². The van der Waals surface area contributed by atoms with E-state index in [9.17, 15) is 9.59 Å². The van der Waals surface area contributed by atoms with Gasteiger partial charge >= 0.3 is 0 Å². The Morgan fingerprint density at radius 2 is 1.94 bits per heavy atom. The number of aromatic nitrogens is 2. The molecule has 0 aliphatic heterocycles. The fraction of sp³-hybridized carbons (Fsp3) is 0.208. The lowest BCUT2D eigenvalue weighted by Crippen LogP contribution is -2.28. The fourth-order valence-electron chi connectivity index (χ4n) is 3.49. The minimum Gasteiger partial charge on any atom is -0.494 e. The van der Waals surface area contributed by atoms with Gasteiger partial charge in [-0.25, -0.2) is 4.98 Å². The van der Waals surface area contributed by atoms with Crippen LogP contribution in [0.5, 0.6) is 5.75 Å². The van der Waals surface area contributed by atoms with Crippen molar-refractivity contribution in [2.24, 2.45) is 0 Å². The highest BCUT2D eigenvalue weighted by molar-refractivity contribution is 7.17. The largest absolute Gasteiger partial charge is 0.494 e. The molecule has 4 aromatic rings. The van der Waals surface area contributed by atoms with Gasteiger partial charge in [0.2, 0.25) is 5.91 Å². The van der Waals surface area contributed by atoms with Crippen LogP contribution in [0.15, 0.2) is 59.0 Å². The highest BCUT2D eigenvalue weighted by Gasteiger charge is 2.15. The van der Waals surface area contributed by atoms with E-state index >= 15 is 0 Å². The molecule has 0 unspecified atom stereocenters. The van der Waals surface area contributed by atoms with Gasteiger partial charge in [0.05, 0.1) is 18.3 Å². The first-order valence-corrected chi connectivity index (χ1v) is 10.9. The Balaban J connectivity index is 1.62. The summed E-state index contributed by atoms with van der Waals surface area (Å²) >= 11 is 1.41. The molecule has 0 fully saturated rings. The number of ether oxygens (including phenoxy) is 1. The number of thiophene rings is 1. The van der Waals surface area contributed by atoms with Crippen LogP contribution in [0.3, 0.4) is 0 Å². The van der Waals surface area contributed by atoms with Crippen molar-refractivity contribution in [3.63, 3.8) is 0 Å². The molecule has 0 saturated heterocycles. The third-order valence-corrected chi connectivity index (χ3v) is 5.89. The first kappa shape index (κ1) is 20.8. The molecule has 2 aromatic carbocycles. The van der Waals surface area contributed by atoms with Gasteiger partial charge in [0.15, 0.2) is 0 Å². The van der Waals surface area contributed by atoms with Crippen LogP contribution >= 0.6 is 11.3 Å². The molecule has 158 valence electrons. The lowest BCUT2D eigenvalue weighted by Gasteiger charge is -2.10. The predicted molar refractivity (Wildman–Crippen MR) is 125 cm³/mol. The summed E-state index contributed by atoms with van der Waals surface area (Å²) in [5, 5.41) is 5.33. The number of nitrogens with one attached hydrogen (secondary N) is 1. The number of carbonyl (C=O) groups is 1. The van der Waals surface area contributed by atoms with E-state index in [1.165, 1.54) is 22.2 Å². The normalized spacial score (nSPS) is 10.9. The molecule has 4 rings (SSSR count). The van der Waals surface area contributed by atoms with E-state index in [4.69, 9.17) is 4.74 Å². The summed E-state index contributed by atoms with van der Waals surface area (Å²) in [6.07, 6.45) is 1.44. The van der Waals surface area contributed by atoms with Gasteiger partial charge in [-0.1, -0.05) is 29.8 Å². The molecule has 6 nitrogen and oxygen atoms in total. The molecule has 0 radical (unpaired) electrons. The summed E-state index contributed by atoms with van der Waals surface area (Å²) in [6.45, 7) is 6.37. The van der Waals surface area contributed by atoms with E-state index in [1.54, 1.807) is 0 Å². The molecule has 1 amide bonds. The molecule has 0 bridgehead atoms. The Labute approximate surface area is 184 Å². The van der Waals surface area contributed by atoms with E-state index in [0.717, 1.165) is 33.7 Å². The van der Waals surface area contributed by atoms with Crippen LogP contribution in [0.1, 0.15) is 18.1 Å². The average Bonchev–Trinajstić information content (AvgIpc) is 3.18. The Bertz CT molecular complexity index is 1310. The zero-order valence-corrected chi connectivity index (χ0v) is 18.5. The second-order valence-corrected chi connectivity index (χ2v) is 8.19. The molecule has 0 aliphatic rings. The summed E-state index contributed by atoms with van der Waals surface area (Å²) in [7, 11) is 0. The van der Waals surface area contributed by atoms with Crippen molar-refractivity contribution in [1.82, 2.24) is 9.55 Å². The predicted octanol–water partition coefficient (Wildman–Crippen LogP) is 4.78. The van der Waals surface area contributed by atoms with Gasteiger partial charge in [-0.05, 0) is 50.1 Å². The highest BCUT2D eigenvalue weighted by atomic mass is 32.1. The lowest BCUT2D eigenvalue weighted by molar-refractivity contribution is -0.116. The second kappa shape index (κ2) is 8.73. The summed E-state index contributed by atoms with van der Waals surface area (Å²) in [5.41, 5.74) is 4.33. The molecule has 31 heavy (non-hydrogen) atoms. The number of aryl methyl sites for hydroxylation is 2. The van der Waals surface area contributed by atoms with Crippen LogP contribution in [0.25, 0.3) is 21.3 Å². The first-order chi connectivity index (χ1) is 15.0. The molecule has 0 atom stereocenters. The highest BCUT2D eigenvalue weighted by Crippen LogP contribution is 2.31. The van der Waals surface area contributed by atoms with Gasteiger partial charge in [-0.3, -0.25) is 14.2 Å². The molecule has 2 aromatic heterocycles. The van der Waals surface area contributed by atoms with E-state index in [2.05, 4.69) is 10.3 Å². The number of benzene rings is 2. The van der Waals surface area contributed by atoms with E-state index in [-0.39, 0.29) is 18.0 Å². The summed E-state index contributed by atoms with van der Waals surface area (Å²) < 4.78 is 6.85. The van der Waals surface area contributed by atoms with Crippen LogP contribution in [0, 0.1) is 13.8 Å². The standard InChI is InChI=1S/C24H23N3O3S/c1-4-30-18-8-6-17(7-9-18)19-13-31-23-22(19)24(29)27(14-25-23)12-21(28)26-20-10-5-15(2)11-16(20)3/h5-11,13-14H,4,12H2,1-3H3,(H,26,28). The van der Waals surface area contributed by atoms with Crippen molar-refractivity contribution < 1.29 is 9.53 Å². The zero-order chi connectivity index (χ0) is 22.0. The van der Waals surface area contributed by atoms with Crippen molar-refractivity contribution in [2.75, 3.05) is 11.9 Å².